The predicted octanol–water partition coefficient (Wildman–Crippen LogP) is 4.78. The maximum absolute atomic E-state index is 13.2. The Morgan fingerprint density at radius 2 is 1.75 bits per heavy atom. The molecule has 0 saturated carbocycles. The molecule has 0 aliphatic heterocycles. The molecule has 100 valence electrons. The van der Waals surface area contributed by atoms with Gasteiger partial charge in [-0.25, -0.2) is 8.78 Å². The third-order valence-corrected chi connectivity index (χ3v) is 3.65. The van der Waals surface area contributed by atoms with E-state index in [9.17, 15) is 8.78 Å². The number of hydrogen-bond acceptors (Lipinski definition) is 1. The molecule has 0 radical (unpaired) electrons. The van der Waals surface area contributed by atoms with Gasteiger partial charge in [0.15, 0.2) is 11.6 Å². The van der Waals surface area contributed by atoms with Crippen LogP contribution in [0.3, 0.4) is 0 Å². The SMILES string of the molecule is Fc1ccc(-c2cc(-c3ccccc3Br)n[nH]2)cc1F. The van der Waals surface area contributed by atoms with Crippen LogP contribution in [0, 0.1) is 11.6 Å². The molecule has 0 atom stereocenters. The summed E-state index contributed by atoms with van der Waals surface area (Å²) in [6.45, 7) is 0. The van der Waals surface area contributed by atoms with Crippen molar-refractivity contribution in [2.45, 2.75) is 0 Å². The zero-order valence-electron chi connectivity index (χ0n) is 10.2. The first-order chi connectivity index (χ1) is 9.65. The topological polar surface area (TPSA) is 28.7 Å². The van der Waals surface area contributed by atoms with E-state index in [-0.39, 0.29) is 0 Å². The molecule has 1 N–H and O–H groups in total. The molecule has 0 aliphatic rings. The maximum atomic E-state index is 13.2. The van der Waals surface area contributed by atoms with Gasteiger partial charge in [-0.05, 0) is 30.3 Å². The van der Waals surface area contributed by atoms with Crippen molar-refractivity contribution in [1.82, 2.24) is 10.2 Å². The van der Waals surface area contributed by atoms with E-state index in [2.05, 4.69) is 26.1 Å². The van der Waals surface area contributed by atoms with Gasteiger partial charge in [-0.2, -0.15) is 5.10 Å². The largest absolute Gasteiger partial charge is 0.277 e. The van der Waals surface area contributed by atoms with Gasteiger partial charge in [-0.3, -0.25) is 5.10 Å². The van der Waals surface area contributed by atoms with Gasteiger partial charge in [0.2, 0.25) is 0 Å². The standard InChI is InChI=1S/C15H9BrF2N2/c16-11-4-2-1-3-10(11)15-8-14(19-20-15)9-5-6-12(17)13(18)7-9/h1-8H,(H,19,20). The van der Waals surface area contributed by atoms with Gasteiger partial charge in [0.1, 0.15) is 0 Å². The van der Waals surface area contributed by atoms with Crippen molar-refractivity contribution in [2.75, 3.05) is 0 Å². The highest BCUT2D eigenvalue weighted by atomic mass is 79.9. The minimum atomic E-state index is -0.875. The third-order valence-electron chi connectivity index (χ3n) is 2.96. The molecule has 2 nitrogen and oxygen atoms in total. The summed E-state index contributed by atoms with van der Waals surface area (Å²) in [4.78, 5) is 0. The zero-order chi connectivity index (χ0) is 14.1. The summed E-state index contributed by atoms with van der Waals surface area (Å²) >= 11 is 3.46. The fourth-order valence-electron chi connectivity index (χ4n) is 1.94. The number of nitrogens with one attached hydrogen (secondary N) is 1. The lowest BCUT2D eigenvalue weighted by molar-refractivity contribution is 0.509. The molecule has 3 rings (SSSR count). The number of halogens is 3. The van der Waals surface area contributed by atoms with Gasteiger partial charge < -0.3 is 0 Å². The lowest BCUT2D eigenvalue weighted by Gasteiger charge is -1.99. The average molecular weight is 335 g/mol. The van der Waals surface area contributed by atoms with Gasteiger partial charge in [0, 0.05) is 15.6 Å². The smallest absolute Gasteiger partial charge is 0.159 e. The van der Waals surface area contributed by atoms with Crippen molar-refractivity contribution in [3.8, 4) is 22.5 Å². The molecule has 0 aliphatic carbocycles. The normalized spacial score (nSPS) is 10.8. The van der Waals surface area contributed by atoms with E-state index in [1.165, 1.54) is 6.07 Å². The molecule has 1 aromatic heterocycles. The Labute approximate surface area is 122 Å². The predicted molar refractivity (Wildman–Crippen MR) is 77.1 cm³/mol. The Hall–Kier alpha value is -2.01. The van der Waals surface area contributed by atoms with E-state index in [1.54, 1.807) is 6.07 Å². The number of aromatic nitrogens is 2. The van der Waals surface area contributed by atoms with Gasteiger partial charge in [0.05, 0.1) is 11.4 Å². The molecule has 3 aromatic rings. The highest BCUT2D eigenvalue weighted by molar-refractivity contribution is 9.10. The Morgan fingerprint density at radius 1 is 0.950 bits per heavy atom. The third kappa shape index (κ3) is 2.36. The average Bonchev–Trinajstić information content (AvgIpc) is 2.92. The highest BCUT2D eigenvalue weighted by Crippen LogP contribution is 2.29. The molecular weight excluding hydrogens is 326 g/mol. The lowest BCUT2D eigenvalue weighted by atomic mass is 10.1. The molecule has 0 fully saturated rings. The quantitative estimate of drug-likeness (QED) is 0.717. The van der Waals surface area contributed by atoms with Crippen molar-refractivity contribution >= 4 is 15.9 Å². The van der Waals surface area contributed by atoms with Crippen LogP contribution in [-0.4, -0.2) is 10.2 Å². The summed E-state index contributed by atoms with van der Waals surface area (Å²) in [6, 6.07) is 13.2. The summed E-state index contributed by atoms with van der Waals surface area (Å²) in [5.41, 5.74) is 2.85. The number of aromatic amines is 1. The number of rotatable bonds is 2. The summed E-state index contributed by atoms with van der Waals surface area (Å²) in [5, 5.41) is 7.04. The van der Waals surface area contributed by atoms with Crippen molar-refractivity contribution in [1.29, 1.82) is 0 Å². The minimum Gasteiger partial charge on any atom is -0.277 e. The van der Waals surface area contributed by atoms with Gasteiger partial charge in [-0.1, -0.05) is 34.1 Å². The second-order valence-electron chi connectivity index (χ2n) is 4.28. The summed E-state index contributed by atoms with van der Waals surface area (Å²) in [6.07, 6.45) is 0. The lowest BCUT2D eigenvalue weighted by Crippen LogP contribution is -1.85. The maximum Gasteiger partial charge on any atom is 0.159 e. The van der Waals surface area contributed by atoms with E-state index in [0.717, 1.165) is 27.9 Å². The van der Waals surface area contributed by atoms with Crippen molar-refractivity contribution in [3.05, 3.63) is 64.6 Å². The van der Waals surface area contributed by atoms with Crippen LogP contribution >= 0.6 is 15.9 Å². The van der Waals surface area contributed by atoms with Gasteiger partial charge >= 0.3 is 0 Å². The molecule has 2 aromatic carbocycles. The van der Waals surface area contributed by atoms with Crippen LogP contribution < -0.4 is 0 Å². The van der Waals surface area contributed by atoms with Gasteiger partial charge in [0.25, 0.3) is 0 Å². The van der Waals surface area contributed by atoms with Crippen LogP contribution in [-0.2, 0) is 0 Å². The van der Waals surface area contributed by atoms with E-state index >= 15 is 0 Å². The van der Waals surface area contributed by atoms with Crippen LogP contribution in [0.5, 0.6) is 0 Å². The van der Waals surface area contributed by atoms with E-state index in [1.807, 2.05) is 24.3 Å². The first kappa shape index (κ1) is 13.0. The van der Waals surface area contributed by atoms with Crippen LogP contribution in [0.1, 0.15) is 0 Å². The first-order valence-corrected chi connectivity index (χ1v) is 6.70. The van der Waals surface area contributed by atoms with Crippen molar-refractivity contribution in [2.24, 2.45) is 0 Å². The molecule has 0 unspecified atom stereocenters. The Morgan fingerprint density at radius 3 is 2.50 bits per heavy atom. The fourth-order valence-corrected chi connectivity index (χ4v) is 2.43. The number of H-pyrrole nitrogens is 1. The van der Waals surface area contributed by atoms with Crippen LogP contribution in [0.4, 0.5) is 8.78 Å². The zero-order valence-corrected chi connectivity index (χ0v) is 11.8. The Kier molecular flexibility index (Phi) is 3.36. The molecule has 5 heteroatoms. The van der Waals surface area contributed by atoms with Crippen LogP contribution in [0.25, 0.3) is 22.5 Å². The molecular formula is C15H9BrF2N2. The minimum absolute atomic E-state index is 0.551. The number of benzene rings is 2. The summed E-state index contributed by atoms with van der Waals surface area (Å²) < 4.78 is 27.1. The van der Waals surface area contributed by atoms with Crippen molar-refractivity contribution < 1.29 is 8.78 Å². The fraction of sp³-hybridized carbons (Fsp3) is 0. The Bertz CT molecular complexity index is 768. The van der Waals surface area contributed by atoms with Crippen LogP contribution in [0.2, 0.25) is 0 Å². The Balaban J connectivity index is 2.02. The highest BCUT2D eigenvalue weighted by Gasteiger charge is 2.10. The molecule has 1 heterocycles. The van der Waals surface area contributed by atoms with E-state index < -0.39 is 11.6 Å². The van der Waals surface area contributed by atoms with Gasteiger partial charge in [-0.15, -0.1) is 0 Å². The van der Waals surface area contributed by atoms with E-state index in [4.69, 9.17) is 0 Å². The number of nitrogens with zero attached hydrogens (tertiary/aromatic N) is 1. The van der Waals surface area contributed by atoms with Crippen LogP contribution in [0.15, 0.2) is 53.0 Å². The molecule has 0 bridgehead atoms. The summed E-state index contributed by atoms with van der Waals surface area (Å²) in [7, 11) is 0. The first-order valence-electron chi connectivity index (χ1n) is 5.91. The number of hydrogen-bond donors (Lipinski definition) is 1. The molecule has 20 heavy (non-hydrogen) atoms. The van der Waals surface area contributed by atoms with Crippen molar-refractivity contribution in [3.63, 3.8) is 0 Å². The monoisotopic (exact) mass is 334 g/mol. The second kappa shape index (κ2) is 5.17. The molecule has 0 spiro atoms. The second-order valence-corrected chi connectivity index (χ2v) is 5.13. The molecule has 0 amide bonds. The summed E-state index contributed by atoms with van der Waals surface area (Å²) in [5.74, 6) is -1.74. The van der Waals surface area contributed by atoms with E-state index in [0.29, 0.717) is 11.3 Å². The molecule has 0 saturated heterocycles.